The average Bonchev–Trinajstić information content (AvgIpc) is 3.46. The minimum atomic E-state index is 0.310. The summed E-state index contributed by atoms with van der Waals surface area (Å²) >= 11 is 0. The number of para-hydroxylation sites is 1. The van der Waals surface area contributed by atoms with Gasteiger partial charge in [0.2, 0.25) is 0 Å². The summed E-state index contributed by atoms with van der Waals surface area (Å²) in [6, 6.07) is 19.3. The van der Waals surface area contributed by atoms with Crippen molar-refractivity contribution in [2.24, 2.45) is 4.99 Å². The summed E-state index contributed by atoms with van der Waals surface area (Å²) in [7, 11) is 3.52. The molecule has 30 heavy (non-hydrogen) atoms. The molecule has 0 spiro atoms. The molecule has 1 saturated heterocycles. The molecule has 6 nitrogen and oxygen atoms in total. The second-order valence-electron chi connectivity index (χ2n) is 7.72. The fourth-order valence-electron chi connectivity index (χ4n) is 4.16. The highest BCUT2D eigenvalue weighted by atomic mass is 16.5. The van der Waals surface area contributed by atoms with Gasteiger partial charge < -0.3 is 20.4 Å². The second-order valence-corrected chi connectivity index (χ2v) is 7.72. The van der Waals surface area contributed by atoms with E-state index in [4.69, 9.17) is 4.74 Å². The maximum atomic E-state index is 5.32. The molecule has 4 rings (SSSR count). The maximum absolute atomic E-state index is 5.32. The van der Waals surface area contributed by atoms with E-state index in [1.54, 1.807) is 7.11 Å². The van der Waals surface area contributed by atoms with E-state index in [-0.39, 0.29) is 0 Å². The van der Waals surface area contributed by atoms with Crippen LogP contribution in [0.4, 0.5) is 0 Å². The van der Waals surface area contributed by atoms with Crippen molar-refractivity contribution >= 4 is 16.9 Å². The molecule has 0 radical (unpaired) electrons. The van der Waals surface area contributed by atoms with Crippen molar-refractivity contribution in [3.8, 4) is 5.75 Å². The van der Waals surface area contributed by atoms with Crippen LogP contribution >= 0.6 is 0 Å². The third-order valence-corrected chi connectivity index (χ3v) is 5.80. The number of nitrogens with one attached hydrogen (secondary N) is 3. The molecule has 1 aliphatic heterocycles. The molecule has 3 aromatic rings. The standard InChI is InChI=1S/C24H31N5O/c1-25-24(26-16-20-15-19-7-3-4-8-22(19)28-20)27-17-23(29-13-5-6-14-29)18-9-11-21(30-2)12-10-18/h3-4,7-12,15,23,28H,5-6,13-14,16-17H2,1-2H3,(H2,25,26,27). The topological polar surface area (TPSA) is 64.7 Å². The smallest absolute Gasteiger partial charge is 0.191 e. The van der Waals surface area contributed by atoms with Gasteiger partial charge in [-0.05, 0) is 61.1 Å². The van der Waals surface area contributed by atoms with E-state index < -0.39 is 0 Å². The number of H-pyrrole nitrogens is 1. The molecule has 2 heterocycles. The number of rotatable bonds is 7. The Morgan fingerprint density at radius 2 is 1.87 bits per heavy atom. The number of aromatic amines is 1. The van der Waals surface area contributed by atoms with E-state index in [1.165, 1.54) is 23.8 Å². The van der Waals surface area contributed by atoms with E-state index in [0.717, 1.165) is 42.6 Å². The van der Waals surface area contributed by atoms with Crippen LogP contribution < -0.4 is 15.4 Å². The molecule has 2 aromatic carbocycles. The fourth-order valence-corrected chi connectivity index (χ4v) is 4.16. The van der Waals surface area contributed by atoms with Gasteiger partial charge in [0.15, 0.2) is 5.96 Å². The van der Waals surface area contributed by atoms with Crippen molar-refractivity contribution in [1.82, 2.24) is 20.5 Å². The van der Waals surface area contributed by atoms with Crippen molar-refractivity contribution in [3.63, 3.8) is 0 Å². The van der Waals surface area contributed by atoms with Gasteiger partial charge in [0.1, 0.15) is 5.75 Å². The van der Waals surface area contributed by atoms with E-state index in [9.17, 15) is 0 Å². The Kier molecular flexibility index (Phi) is 6.54. The lowest BCUT2D eigenvalue weighted by Crippen LogP contribution is -2.42. The molecular formula is C24H31N5O. The Morgan fingerprint density at radius 1 is 1.10 bits per heavy atom. The van der Waals surface area contributed by atoms with Gasteiger partial charge in [-0.1, -0.05) is 30.3 Å². The Bertz CT molecular complexity index is 940. The van der Waals surface area contributed by atoms with Crippen molar-refractivity contribution < 1.29 is 4.74 Å². The number of likely N-dealkylation sites (tertiary alicyclic amines) is 1. The normalized spacial score (nSPS) is 16.0. The zero-order valence-corrected chi connectivity index (χ0v) is 17.8. The number of guanidine groups is 1. The molecule has 3 N–H and O–H groups in total. The zero-order chi connectivity index (χ0) is 20.8. The van der Waals surface area contributed by atoms with Gasteiger partial charge in [-0.3, -0.25) is 9.89 Å². The van der Waals surface area contributed by atoms with E-state index in [0.29, 0.717) is 12.6 Å². The summed E-state index contributed by atoms with van der Waals surface area (Å²) in [4.78, 5) is 10.4. The molecule has 6 heteroatoms. The third-order valence-electron chi connectivity index (χ3n) is 5.80. The van der Waals surface area contributed by atoms with Crippen LogP contribution in [0.5, 0.6) is 5.75 Å². The first-order valence-corrected chi connectivity index (χ1v) is 10.7. The zero-order valence-electron chi connectivity index (χ0n) is 17.8. The van der Waals surface area contributed by atoms with Gasteiger partial charge in [-0.25, -0.2) is 0 Å². The predicted octanol–water partition coefficient (Wildman–Crippen LogP) is 3.68. The first kappa shape index (κ1) is 20.3. The summed E-state index contributed by atoms with van der Waals surface area (Å²) in [5.74, 6) is 1.70. The van der Waals surface area contributed by atoms with Crippen LogP contribution in [0.15, 0.2) is 59.6 Å². The molecule has 158 valence electrons. The van der Waals surface area contributed by atoms with Crippen LogP contribution in [-0.2, 0) is 6.54 Å². The summed E-state index contributed by atoms with van der Waals surface area (Å²) in [5, 5.41) is 8.19. The molecule has 1 aliphatic rings. The molecule has 1 unspecified atom stereocenters. The number of hydrogen-bond donors (Lipinski definition) is 3. The minimum Gasteiger partial charge on any atom is -0.497 e. The molecule has 0 saturated carbocycles. The number of fused-ring (bicyclic) bond motifs is 1. The van der Waals surface area contributed by atoms with E-state index >= 15 is 0 Å². The molecule has 1 atom stereocenters. The van der Waals surface area contributed by atoms with Crippen molar-refractivity contribution in [3.05, 3.63) is 65.9 Å². The van der Waals surface area contributed by atoms with Crippen LogP contribution in [0.2, 0.25) is 0 Å². The molecule has 0 bridgehead atoms. The third kappa shape index (κ3) is 4.76. The average molecular weight is 406 g/mol. The summed E-state index contributed by atoms with van der Waals surface area (Å²) in [6.45, 7) is 3.78. The molecule has 0 aliphatic carbocycles. The van der Waals surface area contributed by atoms with Gasteiger partial charge in [0.05, 0.1) is 19.7 Å². The monoisotopic (exact) mass is 405 g/mol. The molecular weight excluding hydrogens is 374 g/mol. The number of aromatic nitrogens is 1. The second kappa shape index (κ2) is 9.67. The van der Waals surface area contributed by atoms with Gasteiger partial charge >= 0.3 is 0 Å². The van der Waals surface area contributed by atoms with Crippen molar-refractivity contribution in [2.45, 2.75) is 25.4 Å². The molecule has 1 fully saturated rings. The summed E-state index contributed by atoms with van der Waals surface area (Å²) in [5.41, 5.74) is 3.60. The first-order valence-electron chi connectivity index (χ1n) is 10.7. The van der Waals surface area contributed by atoms with Gasteiger partial charge in [-0.15, -0.1) is 0 Å². The summed E-state index contributed by atoms with van der Waals surface area (Å²) in [6.07, 6.45) is 2.53. The number of hydrogen-bond acceptors (Lipinski definition) is 3. The van der Waals surface area contributed by atoms with Crippen LogP contribution in [-0.4, -0.2) is 49.6 Å². The minimum absolute atomic E-state index is 0.310. The van der Waals surface area contributed by atoms with E-state index in [2.05, 4.69) is 61.9 Å². The van der Waals surface area contributed by atoms with Gasteiger partial charge in [-0.2, -0.15) is 0 Å². The fraction of sp³-hybridized carbons (Fsp3) is 0.375. The highest BCUT2D eigenvalue weighted by molar-refractivity contribution is 5.81. The Labute approximate surface area is 178 Å². The van der Waals surface area contributed by atoms with Gasteiger partial charge in [0.25, 0.3) is 0 Å². The SMILES string of the molecule is CN=C(NCc1cc2ccccc2[nH]1)NCC(c1ccc(OC)cc1)N1CCCC1. The lowest BCUT2D eigenvalue weighted by atomic mass is 10.1. The van der Waals surface area contributed by atoms with Gasteiger partial charge in [0, 0.05) is 24.8 Å². The number of benzene rings is 2. The Hall–Kier alpha value is -2.99. The van der Waals surface area contributed by atoms with Crippen LogP contribution in [0.1, 0.15) is 30.1 Å². The van der Waals surface area contributed by atoms with Crippen LogP contribution in [0.25, 0.3) is 10.9 Å². The highest BCUT2D eigenvalue weighted by Gasteiger charge is 2.23. The maximum Gasteiger partial charge on any atom is 0.191 e. The van der Waals surface area contributed by atoms with Crippen LogP contribution in [0.3, 0.4) is 0 Å². The Morgan fingerprint density at radius 3 is 2.57 bits per heavy atom. The summed E-state index contributed by atoms with van der Waals surface area (Å²) < 4.78 is 5.32. The number of aliphatic imine (C=N–C) groups is 1. The predicted molar refractivity (Wildman–Crippen MR) is 123 cm³/mol. The largest absolute Gasteiger partial charge is 0.497 e. The quantitative estimate of drug-likeness (QED) is 0.414. The van der Waals surface area contributed by atoms with E-state index in [1.807, 2.05) is 25.2 Å². The van der Waals surface area contributed by atoms with Crippen molar-refractivity contribution in [1.29, 1.82) is 0 Å². The number of ether oxygens (including phenoxy) is 1. The lowest BCUT2D eigenvalue weighted by molar-refractivity contribution is 0.245. The number of nitrogens with zero attached hydrogens (tertiary/aromatic N) is 2. The first-order chi connectivity index (χ1) is 14.8. The Balaban J connectivity index is 1.39. The van der Waals surface area contributed by atoms with Crippen molar-refractivity contribution in [2.75, 3.05) is 33.8 Å². The number of methoxy groups -OCH3 is 1. The highest BCUT2D eigenvalue weighted by Crippen LogP contribution is 2.26. The lowest BCUT2D eigenvalue weighted by Gasteiger charge is -2.29. The van der Waals surface area contributed by atoms with Crippen LogP contribution in [0, 0.1) is 0 Å². The molecule has 0 amide bonds. The molecule has 1 aromatic heterocycles.